The summed E-state index contributed by atoms with van der Waals surface area (Å²) in [7, 11) is 0. The number of carbonyl (C=O) groups excluding carboxylic acids is 1. The smallest absolute Gasteiger partial charge is 0.159 e. The average molecular weight is 228 g/mol. The van der Waals surface area contributed by atoms with E-state index in [-0.39, 0.29) is 6.04 Å². The van der Waals surface area contributed by atoms with Crippen molar-refractivity contribution in [2.75, 3.05) is 6.54 Å². The number of piperidine rings is 1. The summed E-state index contributed by atoms with van der Waals surface area (Å²) in [6, 6.07) is 0.0139. The molecule has 2 aliphatic heterocycles. The van der Waals surface area contributed by atoms with Crippen molar-refractivity contribution in [2.45, 2.75) is 18.9 Å². The molecule has 0 aromatic rings. The number of rotatable bonds is 0. The predicted molar refractivity (Wildman–Crippen MR) is 50.9 cm³/mol. The van der Waals surface area contributed by atoms with E-state index in [1.807, 2.05) is 18.4 Å². The van der Waals surface area contributed by atoms with Crippen LogP contribution in [-0.4, -0.2) is 23.3 Å². The van der Waals surface area contributed by atoms with Crippen LogP contribution in [0.3, 0.4) is 0 Å². The van der Waals surface area contributed by atoms with Crippen molar-refractivity contribution in [2.24, 2.45) is 0 Å². The summed E-state index contributed by atoms with van der Waals surface area (Å²) in [6.07, 6.45) is 7.63. The van der Waals surface area contributed by atoms with Crippen LogP contribution in [-0.2, 0) is 4.79 Å². The lowest BCUT2D eigenvalue weighted by atomic mass is 9.99. The van der Waals surface area contributed by atoms with Crippen LogP contribution in [0, 0.1) is 0 Å². The monoisotopic (exact) mass is 227 g/mol. The average Bonchev–Trinajstić information content (AvgIpc) is 2.04. The molecule has 0 aliphatic carbocycles. The van der Waals surface area contributed by atoms with E-state index in [2.05, 4.69) is 20.8 Å². The van der Waals surface area contributed by atoms with Crippen molar-refractivity contribution >= 4 is 21.7 Å². The summed E-state index contributed by atoms with van der Waals surface area (Å²) in [4.78, 5) is 13.5. The molecule has 0 spiro atoms. The minimum Gasteiger partial charge on any atom is -0.363 e. The van der Waals surface area contributed by atoms with Gasteiger partial charge >= 0.3 is 0 Å². The van der Waals surface area contributed by atoms with Gasteiger partial charge in [0.25, 0.3) is 0 Å². The molecule has 64 valence electrons. The molecule has 1 atom stereocenters. The topological polar surface area (TPSA) is 20.3 Å². The van der Waals surface area contributed by atoms with Crippen LogP contribution in [0.1, 0.15) is 12.8 Å². The zero-order valence-corrected chi connectivity index (χ0v) is 8.25. The highest BCUT2D eigenvalue weighted by molar-refractivity contribution is 9.11. The van der Waals surface area contributed by atoms with Gasteiger partial charge in [0.1, 0.15) is 6.04 Å². The van der Waals surface area contributed by atoms with Crippen molar-refractivity contribution in [3.05, 3.63) is 22.8 Å². The van der Waals surface area contributed by atoms with Crippen molar-refractivity contribution < 1.29 is 4.79 Å². The standard InChI is InChI=1S/C9H10BrNO/c10-7-3-4-8-9(12)2-1-5-11(8)6-7/h3-4,6,8H,1-2,5H2/t8-/m1/s1. The molecule has 0 bridgehead atoms. The van der Waals surface area contributed by atoms with Gasteiger partial charge in [-0.2, -0.15) is 0 Å². The van der Waals surface area contributed by atoms with Gasteiger partial charge in [-0.05, 0) is 28.4 Å². The maximum absolute atomic E-state index is 11.4. The largest absolute Gasteiger partial charge is 0.363 e. The fraction of sp³-hybridized carbons (Fsp3) is 0.444. The molecule has 1 fully saturated rings. The zero-order chi connectivity index (χ0) is 8.55. The van der Waals surface area contributed by atoms with E-state index in [0.29, 0.717) is 5.78 Å². The highest BCUT2D eigenvalue weighted by Crippen LogP contribution is 2.23. The van der Waals surface area contributed by atoms with Gasteiger partial charge in [-0.3, -0.25) is 4.79 Å². The molecule has 1 saturated heterocycles. The molecule has 2 aliphatic rings. The first-order valence-corrected chi connectivity index (χ1v) is 4.90. The van der Waals surface area contributed by atoms with Gasteiger partial charge in [-0.25, -0.2) is 0 Å². The third-order valence-electron chi connectivity index (χ3n) is 2.25. The van der Waals surface area contributed by atoms with Gasteiger partial charge in [0.2, 0.25) is 0 Å². The Morgan fingerprint density at radius 2 is 2.42 bits per heavy atom. The van der Waals surface area contributed by atoms with Crippen LogP contribution in [0.5, 0.6) is 0 Å². The Morgan fingerprint density at radius 1 is 1.58 bits per heavy atom. The maximum atomic E-state index is 11.4. The number of allylic oxidation sites excluding steroid dienone is 2. The molecule has 0 unspecified atom stereocenters. The Kier molecular flexibility index (Phi) is 2.05. The SMILES string of the molecule is O=C1CCCN2C=C(Br)C=C[C@H]12. The van der Waals surface area contributed by atoms with E-state index in [1.54, 1.807) is 0 Å². The number of halogens is 1. The lowest BCUT2D eigenvalue weighted by Gasteiger charge is -2.33. The summed E-state index contributed by atoms with van der Waals surface area (Å²) in [5.41, 5.74) is 0. The lowest BCUT2D eigenvalue weighted by Crippen LogP contribution is -2.42. The first-order chi connectivity index (χ1) is 5.77. The Labute approximate surface area is 80.1 Å². The molecule has 3 heteroatoms. The minimum absolute atomic E-state index is 0.0139. The lowest BCUT2D eigenvalue weighted by molar-refractivity contribution is -0.123. The fourth-order valence-electron chi connectivity index (χ4n) is 1.66. The Balaban J connectivity index is 2.22. The maximum Gasteiger partial charge on any atom is 0.159 e. The van der Waals surface area contributed by atoms with Crippen LogP contribution in [0.4, 0.5) is 0 Å². The van der Waals surface area contributed by atoms with Gasteiger partial charge in [-0.1, -0.05) is 6.08 Å². The summed E-state index contributed by atoms with van der Waals surface area (Å²) >= 11 is 3.39. The molecule has 2 rings (SSSR count). The number of fused-ring (bicyclic) bond motifs is 1. The van der Waals surface area contributed by atoms with Gasteiger partial charge in [0, 0.05) is 23.6 Å². The number of hydrogen-bond donors (Lipinski definition) is 0. The third kappa shape index (κ3) is 1.33. The normalized spacial score (nSPS) is 28.4. The molecule has 0 saturated carbocycles. The van der Waals surface area contributed by atoms with Crippen LogP contribution in [0.15, 0.2) is 22.8 Å². The predicted octanol–water partition coefficient (Wildman–Crippen LogP) is 1.83. The molecule has 0 aromatic heterocycles. The Hall–Kier alpha value is -0.570. The fourth-order valence-corrected chi connectivity index (χ4v) is 2.07. The van der Waals surface area contributed by atoms with Crippen molar-refractivity contribution in [3.8, 4) is 0 Å². The molecule has 0 radical (unpaired) electrons. The number of Topliss-reactive ketones (excluding diaryl/α,β-unsaturated/α-hetero) is 1. The van der Waals surface area contributed by atoms with Crippen LogP contribution in [0.25, 0.3) is 0 Å². The van der Waals surface area contributed by atoms with Crippen LogP contribution >= 0.6 is 15.9 Å². The van der Waals surface area contributed by atoms with Crippen LogP contribution in [0.2, 0.25) is 0 Å². The first-order valence-electron chi connectivity index (χ1n) is 4.11. The molecule has 2 nitrogen and oxygen atoms in total. The van der Waals surface area contributed by atoms with E-state index in [9.17, 15) is 4.79 Å². The number of carbonyl (C=O) groups is 1. The molecule has 0 amide bonds. The van der Waals surface area contributed by atoms with Crippen molar-refractivity contribution in [3.63, 3.8) is 0 Å². The molecular formula is C9H10BrNO. The molecule has 0 N–H and O–H groups in total. The molecule has 0 aromatic carbocycles. The van der Waals surface area contributed by atoms with E-state index in [1.165, 1.54) is 0 Å². The second-order valence-corrected chi connectivity index (χ2v) is 4.04. The van der Waals surface area contributed by atoms with Gasteiger partial charge in [0.05, 0.1) is 0 Å². The summed E-state index contributed by atoms with van der Waals surface area (Å²) in [5, 5.41) is 0. The second kappa shape index (κ2) is 3.05. The number of ketones is 1. The third-order valence-corrected chi connectivity index (χ3v) is 2.72. The van der Waals surface area contributed by atoms with Crippen molar-refractivity contribution in [1.82, 2.24) is 4.90 Å². The van der Waals surface area contributed by atoms with Crippen LogP contribution < -0.4 is 0 Å². The Morgan fingerprint density at radius 3 is 3.25 bits per heavy atom. The zero-order valence-electron chi connectivity index (χ0n) is 6.66. The van der Waals surface area contributed by atoms with Gasteiger partial charge in [-0.15, -0.1) is 0 Å². The van der Waals surface area contributed by atoms with E-state index in [4.69, 9.17) is 0 Å². The van der Waals surface area contributed by atoms with Gasteiger partial charge in [0.15, 0.2) is 5.78 Å². The molecule has 12 heavy (non-hydrogen) atoms. The summed E-state index contributed by atoms with van der Waals surface area (Å²) < 4.78 is 1.05. The quantitative estimate of drug-likeness (QED) is 0.630. The highest BCUT2D eigenvalue weighted by Gasteiger charge is 2.26. The first kappa shape index (κ1) is 8.05. The summed E-state index contributed by atoms with van der Waals surface area (Å²) in [6.45, 7) is 0.996. The summed E-state index contributed by atoms with van der Waals surface area (Å²) in [5.74, 6) is 0.341. The van der Waals surface area contributed by atoms with E-state index >= 15 is 0 Å². The van der Waals surface area contributed by atoms with E-state index < -0.39 is 0 Å². The highest BCUT2D eigenvalue weighted by atomic mass is 79.9. The van der Waals surface area contributed by atoms with Crippen molar-refractivity contribution in [1.29, 1.82) is 0 Å². The minimum atomic E-state index is 0.0139. The Bertz CT molecular complexity index is 270. The number of hydrogen-bond acceptors (Lipinski definition) is 2. The molecule has 2 heterocycles. The number of nitrogens with zero attached hydrogens (tertiary/aromatic N) is 1. The van der Waals surface area contributed by atoms with Gasteiger partial charge < -0.3 is 4.90 Å². The second-order valence-electron chi connectivity index (χ2n) is 3.13. The molecular weight excluding hydrogens is 218 g/mol. The van der Waals surface area contributed by atoms with E-state index in [0.717, 1.165) is 23.9 Å².